The smallest absolute Gasteiger partial charge is 0.271 e. The Labute approximate surface area is 162 Å². The Morgan fingerprint density at radius 3 is 2.81 bits per heavy atom. The van der Waals surface area contributed by atoms with Crippen LogP contribution in [0.1, 0.15) is 27.0 Å². The summed E-state index contributed by atoms with van der Waals surface area (Å²) in [6, 6.07) is 11.5. The summed E-state index contributed by atoms with van der Waals surface area (Å²) in [6.07, 6.45) is 1.60. The van der Waals surface area contributed by atoms with Crippen molar-refractivity contribution in [1.29, 1.82) is 0 Å². The van der Waals surface area contributed by atoms with E-state index in [0.29, 0.717) is 23.0 Å². The molecule has 6 nitrogen and oxygen atoms in total. The molecule has 0 unspecified atom stereocenters. The lowest BCUT2D eigenvalue weighted by Gasteiger charge is -2.25. The molecule has 1 atom stereocenters. The van der Waals surface area contributed by atoms with Crippen LogP contribution in [0.2, 0.25) is 0 Å². The van der Waals surface area contributed by atoms with Gasteiger partial charge in [0.15, 0.2) is 10.8 Å². The van der Waals surface area contributed by atoms with Gasteiger partial charge in [0.25, 0.3) is 5.91 Å². The summed E-state index contributed by atoms with van der Waals surface area (Å²) in [5.74, 6) is 1.28. The molecule has 142 valence electrons. The number of aromatic nitrogens is 1. The summed E-state index contributed by atoms with van der Waals surface area (Å²) in [5.41, 5.74) is 1.51. The molecular formula is C20H23N3O3S. The molecule has 0 spiro atoms. The third-order valence-corrected chi connectivity index (χ3v) is 5.29. The van der Waals surface area contributed by atoms with Gasteiger partial charge in [-0.2, -0.15) is 0 Å². The first kappa shape index (κ1) is 19.1. The second-order valence-corrected chi connectivity index (χ2v) is 7.57. The minimum absolute atomic E-state index is 0.0209. The second-order valence-electron chi connectivity index (χ2n) is 6.37. The zero-order valence-corrected chi connectivity index (χ0v) is 16.7. The molecular weight excluding hydrogens is 362 g/mol. The van der Waals surface area contributed by atoms with Crippen LogP contribution in [-0.2, 0) is 0 Å². The normalized spacial score (nSPS) is 12.2. The molecule has 27 heavy (non-hydrogen) atoms. The zero-order valence-electron chi connectivity index (χ0n) is 15.9. The van der Waals surface area contributed by atoms with E-state index in [1.807, 2.05) is 57.4 Å². The Morgan fingerprint density at radius 2 is 2.15 bits per heavy atom. The first-order valence-electron chi connectivity index (χ1n) is 8.59. The molecule has 0 radical (unpaired) electrons. The van der Waals surface area contributed by atoms with Crippen molar-refractivity contribution in [2.45, 2.75) is 13.0 Å². The highest BCUT2D eigenvalue weighted by atomic mass is 32.1. The Hall–Kier alpha value is -2.64. The molecule has 2 heterocycles. The molecule has 0 bridgehead atoms. The molecule has 0 saturated heterocycles. The molecule has 3 aromatic rings. The van der Waals surface area contributed by atoms with Crippen molar-refractivity contribution in [3.05, 3.63) is 58.8 Å². The Kier molecular flexibility index (Phi) is 5.93. The lowest BCUT2D eigenvalue weighted by Crippen LogP contribution is -2.35. The number of rotatable bonds is 7. The van der Waals surface area contributed by atoms with E-state index in [1.165, 1.54) is 11.3 Å². The van der Waals surface area contributed by atoms with Crippen molar-refractivity contribution in [2.24, 2.45) is 0 Å². The number of benzene rings is 1. The van der Waals surface area contributed by atoms with Crippen molar-refractivity contribution in [2.75, 3.05) is 27.7 Å². The van der Waals surface area contributed by atoms with Crippen LogP contribution in [0, 0.1) is 6.92 Å². The van der Waals surface area contributed by atoms with Gasteiger partial charge < -0.3 is 19.4 Å². The average molecular weight is 385 g/mol. The first-order chi connectivity index (χ1) is 13.0. The number of hydrogen-bond acceptors (Lipinski definition) is 6. The first-order valence-corrected chi connectivity index (χ1v) is 9.41. The summed E-state index contributed by atoms with van der Waals surface area (Å²) in [6.45, 7) is 2.36. The molecule has 1 N–H and O–H groups in total. The number of likely N-dealkylation sites (N-methyl/N-ethyl adjacent to an activating group) is 1. The summed E-state index contributed by atoms with van der Waals surface area (Å²) in [7, 11) is 5.62. The van der Waals surface area contributed by atoms with E-state index in [4.69, 9.17) is 9.15 Å². The van der Waals surface area contributed by atoms with Crippen LogP contribution in [-0.4, -0.2) is 43.5 Å². The number of carbonyl (C=O) groups is 1. The second kappa shape index (κ2) is 8.37. The third-order valence-electron chi connectivity index (χ3n) is 4.30. The molecule has 1 amide bonds. The van der Waals surface area contributed by atoms with Crippen molar-refractivity contribution >= 4 is 17.2 Å². The van der Waals surface area contributed by atoms with Gasteiger partial charge in [-0.1, -0.05) is 12.1 Å². The maximum Gasteiger partial charge on any atom is 0.271 e. The van der Waals surface area contributed by atoms with Gasteiger partial charge in [-0.15, -0.1) is 11.3 Å². The summed E-state index contributed by atoms with van der Waals surface area (Å²) in [5, 5.41) is 3.72. The van der Waals surface area contributed by atoms with Gasteiger partial charge in [-0.3, -0.25) is 4.79 Å². The Balaban J connectivity index is 1.73. The minimum Gasteiger partial charge on any atom is -0.497 e. The SMILES string of the molecule is COc1cccc([C@H](CNC(=O)c2nc(-c3ccco3)sc2C)N(C)C)c1. The quantitative estimate of drug-likeness (QED) is 0.671. The van der Waals surface area contributed by atoms with Gasteiger partial charge in [-0.25, -0.2) is 4.98 Å². The lowest BCUT2D eigenvalue weighted by atomic mass is 10.1. The van der Waals surface area contributed by atoms with Gasteiger partial charge in [0.2, 0.25) is 0 Å². The molecule has 7 heteroatoms. The van der Waals surface area contributed by atoms with E-state index in [2.05, 4.69) is 15.2 Å². The number of nitrogens with one attached hydrogen (secondary N) is 1. The van der Waals surface area contributed by atoms with Gasteiger partial charge in [0.1, 0.15) is 11.4 Å². The summed E-state index contributed by atoms with van der Waals surface area (Å²) in [4.78, 5) is 20.1. The number of hydrogen-bond donors (Lipinski definition) is 1. The van der Waals surface area contributed by atoms with Crippen LogP contribution in [0.4, 0.5) is 0 Å². The molecule has 0 aliphatic carbocycles. The number of methoxy groups -OCH3 is 1. The molecule has 1 aromatic carbocycles. The van der Waals surface area contributed by atoms with E-state index in [1.54, 1.807) is 13.4 Å². The van der Waals surface area contributed by atoms with Gasteiger partial charge >= 0.3 is 0 Å². The zero-order chi connectivity index (χ0) is 19.4. The van der Waals surface area contributed by atoms with Crippen LogP contribution >= 0.6 is 11.3 Å². The molecule has 2 aromatic heterocycles. The Morgan fingerprint density at radius 1 is 1.33 bits per heavy atom. The van der Waals surface area contributed by atoms with Crippen molar-refractivity contribution in [1.82, 2.24) is 15.2 Å². The Bertz CT molecular complexity index is 903. The van der Waals surface area contributed by atoms with E-state index < -0.39 is 0 Å². The number of ether oxygens (including phenoxy) is 1. The molecule has 0 saturated carbocycles. The molecule has 0 aliphatic heterocycles. The predicted molar refractivity (Wildman–Crippen MR) is 106 cm³/mol. The topological polar surface area (TPSA) is 67.6 Å². The maximum absolute atomic E-state index is 12.7. The molecule has 3 rings (SSSR count). The van der Waals surface area contributed by atoms with Crippen LogP contribution in [0.15, 0.2) is 47.1 Å². The number of thiazole rings is 1. The van der Waals surface area contributed by atoms with Crippen LogP contribution in [0.3, 0.4) is 0 Å². The predicted octanol–water partition coefficient (Wildman–Crippen LogP) is 3.75. The van der Waals surface area contributed by atoms with Crippen molar-refractivity contribution in [3.63, 3.8) is 0 Å². The fourth-order valence-electron chi connectivity index (χ4n) is 2.83. The molecule has 0 fully saturated rings. The van der Waals surface area contributed by atoms with E-state index in [9.17, 15) is 4.79 Å². The van der Waals surface area contributed by atoms with Gasteiger partial charge in [-0.05, 0) is 50.8 Å². The fraction of sp³-hybridized carbons (Fsp3) is 0.300. The molecule has 0 aliphatic rings. The average Bonchev–Trinajstić information content (AvgIpc) is 3.31. The van der Waals surface area contributed by atoms with E-state index in [0.717, 1.165) is 16.2 Å². The number of nitrogens with zero attached hydrogens (tertiary/aromatic N) is 2. The highest BCUT2D eigenvalue weighted by molar-refractivity contribution is 7.15. The maximum atomic E-state index is 12.7. The van der Waals surface area contributed by atoms with E-state index in [-0.39, 0.29) is 11.9 Å². The standard InChI is InChI=1S/C20H23N3O3S/c1-13-18(22-20(27-13)17-9-6-10-26-17)19(24)21-12-16(23(2)3)14-7-5-8-15(11-14)25-4/h5-11,16H,12H2,1-4H3,(H,21,24)/t16-/m0/s1. The van der Waals surface area contributed by atoms with Crippen LogP contribution in [0.5, 0.6) is 5.75 Å². The summed E-state index contributed by atoms with van der Waals surface area (Å²) >= 11 is 1.45. The monoisotopic (exact) mass is 385 g/mol. The lowest BCUT2D eigenvalue weighted by molar-refractivity contribution is 0.0937. The van der Waals surface area contributed by atoms with Gasteiger partial charge in [0.05, 0.1) is 19.4 Å². The minimum atomic E-state index is -0.184. The van der Waals surface area contributed by atoms with Crippen molar-refractivity contribution in [3.8, 4) is 16.5 Å². The van der Waals surface area contributed by atoms with Crippen molar-refractivity contribution < 1.29 is 13.9 Å². The highest BCUT2D eigenvalue weighted by Crippen LogP contribution is 2.28. The highest BCUT2D eigenvalue weighted by Gasteiger charge is 2.20. The number of furan rings is 1. The van der Waals surface area contributed by atoms with Crippen LogP contribution in [0.25, 0.3) is 10.8 Å². The van der Waals surface area contributed by atoms with Crippen LogP contribution < -0.4 is 10.1 Å². The van der Waals surface area contributed by atoms with E-state index >= 15 is 0 Å². The number of amides is 1. The number of aryl methyl sites for hydroxylation is 1. The fourth-order valence-corrected chi connectivity index (χ4v) is 3.71. The van der Waals surface area contributed by atoms with Gasteiger partial charge in [0, 0.05) is 11.4 Å². The third kappa shape index (κ3) is 4.37. The largest absolute Gasteiger partial charge is 0.497 e. The number of carbonyl (C=O) groups excluding carboxylic acids is 1. The summed E-state index contributed by atoms with van der Waals surface area (Å²) < 4.78 is 10.7.